The number of rotatable bonds is 10. The maximum Gasteiger partial charge on any atom is 0.338 e. The first-order chi connectivity index (χ1) is 20.8. The second-order valence-electron chi connectivity index (χ2n) is 10.2. The van der Waals surface area contributed by atoms with Crippen LogP contribution in [0.25, 0.3) is 6.08 Å². The van der Waals surface area contributed by atoms with Gasteiger partial charge in [-0.25, -0.2) is 9.79 Å². The molecule has 0 radical (unpaired) electrons. The number of nitrogens with zero attached hydrogens (tertiary/aromatic N) is 2. The summed E-state index contributed by atoms with van der Waals surface area (Å²) in [5, 5.41) is 0. The molecular weight excluding hydrogens is 564 g/mol. The first kappa shape index (κ1) is 29.8. The first-order valence-electron chi connectivity index (χ1n) is 14.1. The van der Waals surface area contributed by atoms with E-state index in [1.807, 2.05) is 79.7 Å². The molecule has 3 aromatic carbocycles. The molecule has 0 N–H and O–H groups in total. The van der Waals surface area contributed by atoms with Crippen molar-refractivity contribution in [1.82, 2.24) is 4.57 Å². The molecule has 222 valence electrons. The van der Waals surface area contributed by atoms with Gasteiger partial charge in [0, 0.05) is 0 Å². The average molecular weight is 599 g/mol. The van der Waals surface area contributed by atoms with Gasteiger partial charge >= 0.3 is 5.97 Å². The lowest BCUT2D eigenvalue weighted by molar-refractivity contribution is -0.143. The van der Waals surface area contributed by atoms with Crippen LogP contribution in [0, 0.1) is 0 Å². The minimum Gasteiger partial charge on any atom is -0.494 e. The Labute approximate surface area is 254 Å². The average Bonchev–Trinajstić information content (AvgIpc) is 3.30. The van der Waals surface area contributed by atoms with E-state index >= 15 is 0 Å². The van der Waals surface area contributed by atoms with Crippen molar-refractivity contribution in [1.29, 1.82) is 0 Å². The van der Waals surface area contributed by atoms with E-state index in [0.29, 0.717) is 51.1 Å². The molecule has 0 bridgehead atoms. The Balaban J connectivity index is 1.55. The van der Waals surface area contributed by atoms with Crippen LogP contribution in [-0.4, -0.2) is 30.4 Å². The van der Waals surface area contributed by atoms with E-state index < -0.39 is 12.0 Å². The number of carbonyl (C=O) groups is 1. The van der Waals surface area contributed by atoms with Gasteiger partial charge in [0.25, 0.3) is 5.56 Å². The van der Waals surface area contributed by atoms with Crippen LogP contribution in [0.5, 0.6) is 17.2 Å². The van der Waals surface area contributed by atoms with E-state index in [1.54, 1.807) is 38.5 Å². The molecule has 9 heteroatoms. The summed E-state index contributed by atoms with van der Waals surface area (Å²) in [7, 11) is 1.58. The zero-order valence-electron chi connectivity index (χ0n) is 24.8. The Morgan fingerprint density at radius 3 is 2.44 bits per heavy atom. The molecule has 0 unspecified atom stereocenters. The molecule has 0 saturated heterocycles. The third kappa shape index (κ3) is 6.57. The highest BCUT2D eigenvalue weighted by Crippen LogP contribution is 2.32. The maximum absolute atomic E-state index is 14.0. The molecule has 0 saturated carbocycles. The molecular formula is C34H34N2O6S. The van der Waals surface area contributed by atoms with Gasteiger partial charge in [0.15, 0.2) is 16.3 Å². The summed E-state index contributed by atoms with van der Waals surface area (Å²) in [5.41, 5.74) is 3.15. The van der Waals surface area contributed by atoms with E-state index in [2.05, 4.69) is 4.99 Å². The summed E-state index contributed by atoms with van der Waals surface area (Å²) in [4.78, 5) is 32.5. The molecule has 1 aromatic heterocycles. The van der Waals surface area contributed by atoms with Crippen LogP contribution >= 0.6 is 11.3 Å². The predicted molar refractivity (Wildman–Crippen MR) is 166 cm³/mol. The normalized spacial score (nSPS) is 14.7. The molecule has 0 fully saturated rings. The number of allylic oxidation sites excluding steroid dienone is 1. The highest BCUT2D eigenvalue weighted by molar-refractivity contribution is 7.07. The van der Waals surface area contributed by atoms with Gasteiger partial charge in [-0.3, -0.25) is 9.36 Å². The standard InChI is InChI=1S/C34H34N2O6S/c1-6-40-26-15-13-25(14-16-26)31-30(33(38)42-21(2)3)22(4)35-34-36(31)32(37)29(43-34)19-24-12-17-27(28(18-24)39-5)41-20-23-10-8-7-9-11-23/h7-19,21,31H,6,20H2,1-5H3/b29-19+/t31-/m1/s1. The molecule has 43 heavy (non-hydrogen) atoms. The number of thiazole rings is 1. The van der Waals surface area contributed by atoms with Gasteiger partial charge in [-0.05, 0) is 74.7 Å². The van der Waals surface area contributed by atoms with Crippen LogP contribution in [0.4, 0.5) is 0 Å². The maximum atomic E-state index is 14.0. The number of fused-ring (bicyclic) bond motifs is 1. The van der Waals surface area contributed by atoms with Gasteiger partial charge in [-0.15, -0.1) is 0 Å². The van der Waals surface area contributed by atoms with Crippen molar-refractivity contribution < 1.29 is 23.7 Å². The van der Waals surface area contributed by atoms with Crippen molar-refractivity contribution >= 4 is 23.4 Å². The number of esters is 1. The Morgan fingerprint density at radius 1 is 1.02 bits per heavy atom. The number of hydrogen-bond acceptors (Lipinski definition) is 8. The van der Waals surface area contributed by atoms with Crippen molar-refractivity contribution in [2.24, 2.45) is 4.99 Å². The quantitative estimate of drug-likeness (QED) is 0.234. The second-order valence-corrected chi connectivity index (χ2v) is 11.2. The molecule has 8 nitrogen and oxygen atoms in total. The SMILES string of the molecule is CCOc1ccc([C@@H]2C(C(=O)OC(C)C)=C(C)N=c3s/c(=C/c4ccc(OCc5ccccc5)c(OC)c4)c(=O)n32)cc1. The number of ether oxygens (including phenoxy) is 4. The Morgan fingerprint density at radius 2 is 1.77 bits per heavy atom. The lowest BCUT2D eigenvalue weighted by atomic mass is 9.96. The number of benzene rings is 3. The Bertz CT molecular complexity index is 1820. The van der Waals surface area contributed by atoms with Crippen LogP contribution < -0.4 is 29.1 Å². The number of aromatic nitrogens is 1. The van der Waals surface area contributed by atoms with Crippen molar-refractivity contribution in [3.8, 4) is 17.2 Å². The summed E-state index contributed by atoms with van der Waals surface area (Å²) in [6, 6.07) is 22.1. The topological polar surface area (TPSA) is 88.4 Å². The highest BCUT2D eigenvalue weighted by Gasteiger charge is 2.33. The smallest absolute Gasteiger partial charge is 0.338 e. The molecule has 1 aliphatic heterocycles. The lowest BCUT2D eigenvalue weighted by Gasteiger charge is -2.25. The number of methoxy groups -OCH3 is 1. The van der Waals surface area contributed by atoms with Crippen LogP contribution in [0.15, 0.2) is 93.9 Å². The second kappa shape index (κ2) is 13.1. The van der Waals surface area contributed by atoms with E-state index in [9.17, 15) is 9.59 Å². The van der Waals surface area contributed by atoms with Crippen LogP contribution in [0.1, 0.15) is 50.4 Å². The van der Waals surface area contributed by atoms with E-state index in [4.69, 9.17) is 18.9 Å². The summed E-state index contributed by atoms with van der Waals surface area (Å²) >= 11 is 1.27. The van der Waals surface area contributed by atoms with Crippen LogP contribution in [0.2, 0.25) is 0 Å². The minimum absolute atomic E-state index is 0.256. The van der Waals surface area contributed by atoms with Crippen molar-refractivity contribution in [3.63, 3.8) is 0 Å². The van der Waals surface area contributed by atoms with Gasteiger partial charge in [0.05, 0.1) is 41.7 Å². The lowest BCUT2D eigenvalue weighted by Crippen LogP contribution is -2.40. The highest BCUT2D eigenvalue weighted by atomic mass is 32.1. The third-order valence-electron chi connectivity index (χ3n) is 6.81. The summed E-state index contributed by atoms with van der Waals surface area (Å²) < 4.78 is 24.8. The summed E-state index contributed by atoms with van der Waals surface area (Å²) in [5.74, 6) is 1.36. The summed E-state index contributed by atoms with van der Waals surface area (Å²) in [6.45, 7) is 8.21. The Kier molecular flexibility index (Phi) is 9.11. The predicted octanol–water partition coefficient (Wildman–Crippen LogP) is 5.17. The molecule has 5 rings (SSSR count). The van der Waals surface area contributed by atoms with Gasteiger partial charge in [0.2, 0.25) is 0 Å². The van der Waals surface area contributed by atoms with Crippen LogP contribution in [-0.2, 0) is 16.1 Å². The van der Waals surface area contributed by atoms with Gasteiger partial charge in [-0.2, -0.15) is 0 Å². The number of hydrogen-bond donors (Lipinski definition) is 0. The van der Waals surface area contributed by atoms with E-state index in [-0.39, 0.29) is 11.7 Å². The molecule has 1 aliphatic rings. The number of carbonyl (C=O) groups excluding carboxylic acids is 1. The fourth-order valence-corrected chi connectivity index (χ4v) is 5.92. The molecule has 4 aromatic rings. The molecule has 0 amide bonds. The molecule has 0 aliphatic carbocycles. The fourth-order valence-electron chi connectivity index (χ4n) is 4.87. The van der Waals surface area contributed by atoms with Crippen molar-refractivity contribution in [3.05, 3.63) is 120 Å². The van der Waals surface area contributed by atoms with Gasteiger partial charge in [0.1, 0.15) is 12.4 Å². The summed E-state index contributed by atoms with van der Waals surface area (Å²) in [6.07, 6.45) is 1.47. The van der Waals surface area contributed by atoms with Crippen molar-refractivity contribution in [2.75, 3.05) is 13.7 Å². The minimum atomic E-state index is -0.705. The largest absolute Gasteiger partial charge is 0.494 e. The zero-order chi connectivity index (χ0) is 30.5. The first-order valence-corrected chi connectivity index (χ1v) is 14.9. The van der Waals surface area contributed by atoms with Crippen LogP contribution in [0.3, 0.4) is 0 Å². The Hall–Kier alpha value is -4.63. The van der Waals surface area contributed by atoms with E-state index in [1.165, 1.54) is 11.3 Å². The zero-order valence-corrected chi connectivity index (χ0v) is 25.6. The molecule has 2 heterocycles. The van der Waals surface area contributed by atoms with E-state index in [0.717, 1.165) is 16.7 Å². The van der Waals surface area contributed by atoms with Crippen molar-refractivity contribution in [2.45, 2.75) is 46.4 Å². The monoisotopic (exact) mass is 598 g/mol. The van der Waals surface area contributed by atoms with Gasteiger partial charge < -0.3 is 18.9 Å². The molecule has 1 atom stereocenters. The third-order valence-corrected chi connectivity index (χ3v) is 7.80. The van der Waals surface area contributed by atoms with Gasteiger partial charge in [-0.1, -0.05) is 59.9 Å². The fraction of sp³-hybridized carbons (Fsp3) is 0.265. The molecule has 0 spiro atoms.